The van der Waals surface area contributed by atoms with E-state index in [1.54, 1.807) is 0 Å². The topological polar surface area (TPSA) is 128 Å². The number of fused-ring (bicyclic) bond motifs is 1. The zero-order valence-electron chi connectivity index (χ0n) is 14.6. The first-order chi connectivity index (χ1) is 12.9. The Morgan fingerprint density at radius 3 is 2.04 bits per heavy atom. The number of aromatic hydroxyl groups is 3. The van der Waals surface area contributed by atoms with Crippen LogP contribution in [0, 0.1) is 0 Å². The molecule has 2 aromatic carbocycles. The van der Waals surface area contributed by atoms with Crippen LogP contribution in [0.3, 0.4) is 0 Å². The van der Waals surface area contributed by atoms with Crippen molar-refractivity contribution in [2.75, 3.05) is 21.3 Å². The Morgan fingerprint density at radius 2 is 1.48 bits per heavy atom. The number of hydrogen-bond acceptors (Lipinski definition) is 9. The molecule has 9 heteroatoms. The second-order valence-electron chi connectivity index (χ2n) is 5.35. The first kappa shape index (κ1) is 18.2. The molecule has 1 heterocycles. The summed E-state index contributed by atoms with van der Waals surface area (Å²) >= 11 is 0. The van der Waals surface area contributed by atoms with Crippen molar-refractivity contribution in [3.63, 3.8) is 0 Å². The van der Waals surface area contributed by atoms with Crippen molar-refractivity contribution in [2.45, 2.75) is 0 Å². The van der Waals surface area contributed by atoms with Gasteiger partial charge in [0.05, 0.1) is 21.3 Å². The lowest BCUT2D eigenvalue weighted by atomic mass is 10.1. The molecule has 142 valence electrons. The van der Waals surface area contributed by atoms with Crippen LogP contribution in [0.1, 0.15) is 0 Å². The van der Waals surface area contributed by atoms with Gasteiger partial charge in [0.15, 0.2) is 17.1 Å². The minimum absolute atomic E-state index is 0.00806. The van der Waals surface area contributed by atoms with E-state index < -0.39 is 16.9 Å². The van der Waals surface area contributed by atoms with Crippen molar-refractivity contribution in [1.82, 2.24) is 0 Å². The highest BCUT2D eigenvalue weighted by Crippen LogP contribution is 2.50. The van der Waals surface area contributed by atoms with E-state index in [-0.39, 0.29) is 39.7 Å². The summed E-state index contributed by atoms with van der Waals surface area (Å²) in [5.41, 5.74) is -0.629. The third-order valence-corrected chi connectivity index (χ3v) is 3.86. The van der Waals surface area contributed by atoms with Crippen molar-refractivity contribution in [2.24, 2.45) is 0 Å². The molecule has 0 aliphatic rings. The molecule has 0 unspecified atom stereocenters. The third kappa shape index (κ3) is 2.83. The molecule has 0 saturated carbocycles. The third-order valence-electron chi connectivity index (χ3n) is 3.86. The van der Waals surface area contributed by atoms with Crippen LogP contribution in [0.15, 0.2) is 33.5 Å². The maximum atomic E-state index is 13.0. The van der Waals surface area contributed by atoms with Gasteiger partial charge in [-0.05, 0) is 24.3 Å². The molecule has 0 aliphatic carbocycles. The zero-order valence-corrected chi connectivity index (χ0v) is 14.6. The molecule has 0 amide bonds. The van der Waals surface area contributed by atoms with E-state index in [1.807, 2.05) is 0 Å². The summed E-state index contributed by atoms with van der Waals surface area (Å²) in [6.07, 6.45) is 0. The highest BCUT2D eigenvalue weighted by atomic mass is 17.2. The van der Waals surface area contributed by atoms with Gasteiger partial charge in [-0.25, -0.2) is 0 Å². The molecule has 3 N–H and O–H groups in total. The summed E-state index contributed by atoms with van der Waals surface area (Å²) in [4.78, 5) is 22.6. The summed E-state index contributed by atoms with van der Waals surface area (Å²) in [5, 5.41) is 29.8. The molecule has 3 rings (SSSR count). The van der Waals surface area contributed by atoms with Crippen molar-refractivity contribution in [3.8, 4) is 45.8 Å². The monoisotopic (exact) mass is 376 g/mol. The fourth-order valence-electron chi connectivity index (χ4n) is 2.68. The zero-order chi connectivity index (χ0) is 19.7. The molecule has 3 aromatic rings. The van der Waals surface area contributed by atoms with Gasteiger partial charge in [0.2, 0.25) is 22.7 Å². The van der Waals surface area contributed by atoms with Gasteiger partial charge >= 0.3 is 0 Å². The average Bonchev–Trinajstić information content (AvgIpc) is 2.65. The van der Waals surface area contributed by atoms with Crippen molar-refractivity contribution in [3.05, 3.63) is 34.5 Å². The Kier molecular flexibility index (Phi) is 4.70. The summed E-state index contributed by atoms with van der Waals surface area (Å²) in [6.45, 7) is 0. The molecule has 1 aromatic heterocycles. The van der Waals surface area contributed by atoms with Gasteiger partial charge in [0, 0.05) is 5.56 Å². The van der Waals surface area contributed by atoms with E-state index in [9.17, 15) is 20.1 Å². The maximum Gasteiger partial charge on any atom is 0.256 e. The fraction of sp³-hybridized carbons (Fsp3) is 0.167. The molecule has 0 saturated heterocycles. The molecular formula is C18H16O9. The summed E-state index contributed by atoms with van der Waals surface area (Å²) in [6, 6.07) is 5.74. The van der Waals surface area contributed by atoms with Crippen LogP contribution in [-0.4, -0.2) is 36.6 Å². The standard InChI is InChI=1S/C18H16O9/c1-23-16-11(20)10-12(21)18(27-25-3)14(8-4-6-9(19)7-5-8)26-15(10)17(24-2)13(16)22/h4-7,19-20,22H,1-3H3. The number of benzene rings is 2. The maximum absolute atomic E-state index is 13.0. The lowest BCUT2D eigenvalue weighted by molar-refractivity contribution is -0.179. The van der Waals surface area contributed by atoms with E-state index in [1.165, 1.54) is 45.6 Å². The van der Waals surface area contributed by atoms with Gasteiger partial charge in [0.25, 0.3) is 5.75 Å². The number of phenolic OH excluding ortho intramolecular Hbond substituents is 3. The minimum atomic E-state index is -0.782. The quantitative estimate of drug-likeness (QED) is 0.454. The van der Waals surface area contributed by atoms with Gasteiger partial charge in [-0.2, -0.15) is 4.89 Å². The van der Waals surface area contributed by atoms with Crippen molar-refractivity contribution in [1.29, 1.82) is 0 Å². The number of hydrogen-bond donors (Lipinski definition) is 3. The van der Waals surface area contributed by atoms with E-state index in [2.05, 4.69) is 4.89 Å². The van der Waals surface area contributed by atoms with Crippen molar-refractivity contribution >= 4 is 11.0 Å². The Hall–Kier alpha value is -3.59. The van der Waals surface area contributed by atoms with E-state index in [0.717, 1.165) is 0 Å². The van der Waals surface area contributed by atoms with Gasteiger partial charge in [-0.3, -0.25) is 4.79 Å². The molecule has 0 spiro atoms. The Balaban J connectivity index is 2.49. The van der Waals surface area contributed by atoms with Gasteiger partial charge in [0.1, 0.15) is 11.1 Å². The fourth-order valence-corrected chi connectivity index (χ4v) is 2.68. The SMILES string of the molecule is COOc1c(-c2ccc(O)cc2)oc2c(OC)c(O)c(OC)c(O)c2c1=O. The molecule has 0 aliphatic heterocycles. The van der Waals surface area contributed by atoms with Gasteiger partial charge < -0.3 is 34.1 Å². The van der Waals surface area contributed by atoms with E-state index >= 15 is 0 Å². The highest BCUT2D eigenvalue weighted by molar-refractivity contribution is 5.96. The predicted molar refractivity (Wildman–Crippen MR) is 93.7 cm³/mol. The molecule has 0 bridgehead atoms. The van der Waals surface area contributed by atoms with Crippen LogP contribution in [-0.2, 0) is 4.89 Å². The normalized spacial score (nSPS) is 10.8. The second kappa shape index (κ2) is 6.96. The van der Waals surface area contributed by atoms with E-state index in [0.29, 0.717) is 5.56 Å². The van der Waals surface area contributed by atoms with Crippen LogP contribution in [0.4, 0.5) is 0 Å². The van der Waals surface area contributed by atoms with Crippen LogP contribution in [0.2, 0.25) is 0 Å². The molecule has 9 nitrogen and oxygen atoms in total. The summed E-state index contributed by atoms with van der Waals surface area (Å²) in [5.74, 6) is -2.14. The van der Waals surface area contributed by atoms with Crippen LogP contribution < -0.4 is 19.8 Å². The predicted octanol–water partition coefficient (Wildman–Crippen LogP) is 2.53. The minimum Gasteiger partial charge on any atom is -0.508 e. The number of methoxy groups -OCH3 is 2. The first-order valence-corrected chi connectivity index (χ1v) is 7.61. The molecule has 0 atom stereocenters. The molecule has 0 fully saturated rings. The number of rotatable bonds is 5. The van der Waals surface area contributed by atoms with Crippen LogP contribution >= 0.6 is 0 Å². The smallest absolute Gasteiger partial charge is 0.256 e. The molecule has 0 radical (unpaired) electrons. The summed E-state index contributed by atoms with van der Waals surface area (Å²) in [7, 11) is 3.66. The highest BCUT2D eigenvalue weighted by Gasteiger charge is 2.29. The van der Waals surface area contributed by atoms with Gasteiger partial charge in [-0.1, -0.05) is 0 Å². The average molecular weight is 376 g/mol. The lowest BCUT2D eigenvalue weighted by Crippen LogP contribution is -2.10. The largest absolute Gasteiger partial charge is 0.508 e. The Bertz CT molecular complexity index is 1050. The van der Waals surface area contributed by atoms with Crippen molar-refractivity contribution < 1.29 is 39.0 Å². The first-order valence-electron chi connectivity index (χ1n) is 7.61. The number of phenols is 3. The second-order valence-corrected chi connectivity index (χ2v) is 5.35. The van der Waals surface area contributed by atoms with Crippen LogP contribution in [0.25, 0.3) is 22.3 Å². The van der Waals surface area contributed by atoms with E-state index in [4.69, 9.17) is 18.8 Å². The Labute approximate surface area is 152 Å². The lowest BCUT2D eigenvalue weighted by Gasteiger charge is -2.15. The number of ether oxygens (including phenoxy) is 2. The van der Waals surface area contributed by atoms with Crippen LogP contribution in [0.5, 0.6) is 34.5 Å². The molecule has 27 heavy (non-hydrogen) atoms. The summed E-state index contributed by atoms with van der Waals surface area (Å²) < 4.78 is 15.8. The molecular weight excluding hydrogens is 360 g/mol. The Morgan fingerprint density at radius 1 is 0.852 bits per heavy atom. The van der Waals surface area contributed by atoms with Gasteiger partial charge in [-0.15, -0.1) is 0 Å².